The van der Waals surface area contributed by atoms with Crippen molar-refractivity contribution in [1.82, 2.24) is 10.2 Å². The Morgan fingerprint density at radius 3 is 2.59 bits per heavy atom. The monoisotopic (exact) mass is 342 g/mol. The topological polar surface area (TPSA) is 103 Å². The number of aliphatic hydroxyl groups excluding tert-OH is 1. The number of thioether (sulfide) groups is 1. The highest BCUT2D eigenvalue weighted by Gasteiger charge is 2.38. The van der Waals surface area contributed by atoms with Crippen molar-refractivity contribution in [3.63, 3.8) is 0 Å². The van der Waals surface area contributed by atoms with Gasteiger partial charge in [0.2, 0.25) is 5.89 Å². The first-order valence-electron chi connectivity index (χ1n) is 6.50. The number of nitrogens with zero attached hydrogens (tertiary/aromatic N) is 2. The highest BCUT2D eigenvalue weighted by Crippen LogP contribution is 2.32. The summed E-state index contributed by atoms with van der Waals surface area (Å²) in [4.78, 5) is 0. The minimum atomic E-state index is -3.19. The Kier molecular flexibility index (Phi) is 4.11. The maximum atomic E-state index is 11.5. The van der Waals surface area contributed by atoms with E-state index in [1.54, 1.807) is 31.4 Å². The van der Waals surface area contributed by atoms with Gasteiger partial charge in [-0.15, -0.1) is 10.2 Å². The van der Waals surface area contributed by atoms with Crippen LogP contribution in [0.5, 0.6) is 5.75 Å². The average Bonchev–Trinajstić information content (AvgIpc) is 3.04. The van der Waals surface area contributed by atoms with Crippen molar-refractivity contribution >= 4 is 21.6 Å². The normalized spacial score (nSPS) is 23.5. The Labute approximate surface area is 131 Å². The number of rotatable bonds is 4. The van der Waals surface area contributed by atoms with Crippen LogP contribution in [-0.2, 0) is 9.84 Å². The van der Waals surface area contributed by atoms with Crippen molar-refractivity contribution in [2.24, 2.45) is 0 Å². The van der Waals surface area contributed by atoms with Gasteiger partial charge >= 0.3 is 0 Å². The first-order chi connectivity index (χ1) is 10.5. The van der Waals surface area contributed by atoms with Gasteiger partial charge in [-0.3, -0.25) is 0 Å². The van der Waals surface area contributed by atoms with Crippen LogP contribution in [0.2, 0.25) is 0 Å². The van der Waals surface area contributed by atoms with Crippen LogP contribution >= 0.6 is 11.8 Å². The van der Waals surface area contributed by atoms with Gasteiger partial charge in [0.25, 0.3) is 5.22 Å². The Balaban J connectivity index is 1.73. The Morgan fingerprint density at radius 2 is 2.00 bits per heavy atom. The zero-order valence-corrected chi connectivity index (χ0v) is 13.3. The van der Waals surface area contributed by atoms with Gasteiger partial charge in [-0.1, -0.05) is 11.8 Å². The van der Waals surface area contributed by atoms with Crippen LogP contribution in [0.4, 0.5) is 0 Å². The zero-order valence-electron chi connectivity index (χ0n) is 11.7. The molecule has 2 aromatic rings. The van der Waals surface area contributed by atoms with Gasteiger partial charge in [-0.25, -0.2) is 8.42 Å². The third-order valence-electron chi connectivity index (χ3n) is 3.27. The van der Waals surface area contributed by atoms with Gasteiger partial charge in [0, 0.05) is 5.56 Å². The molecule has 0 radical (unpaired) electrons. The van der Waals surface area contributed by atoms with E-state index in [4.69, 9.17) is 9.15 Å². The molecule has 1 N–H and O–H groups in total. The molecule has 1 aliphatic rings. The minimum absolute atomic E-state index is 0.0842. The Morgan fingerprint density at radius 1 is 1.27 bits per heavy atom. The van der Waals surface area contributed by atoms with Crippen LogP contribution in [0, 0.1) is 0 Å². The lowest BCUT2D eigenvalue weighted by Crippen LogP contribution is -2.19. The van der Waals surface area contributed by atoms with Crippen LogP contribution < -0.4 is 4.74 Å². The lowest BCUT2D eigenvalue weighted by atomic mass is 10.2. The van der Waals surface area contributed by atoms with Crippen molar-refractivity contribution < 1.29 is 22.7 Å². The van der Waals surface area contributed by atoms with Crippen LogP contribution in [0.3, 0.4) is 0 Å². The molecule has 2 heterocycles. The number of hydrogen-bond acceptors (Lipinski definition) is 8. The second-order valence-corrected chi connectivity index (χ2v) is 8.25. The van der Waals surface area contributed by atoms with Gasteiger partial charge in [0.1, 0.15) is 5.75 Å². The number of hydrogen-bond donors (Lipinski definition) is 1. The van der Waals surface area contributed by atoms with Gasteiger partial charge in [0.15, 0.2) is 9.84 Å². The van der Waals surface area contributed by atoms with Gasteiger partial charge < -0.3 is 14.3 Å². The average molecular weight is 342 g/mol. The Hall–Kier alpha value is -1.58. The van der Waals surface area contributed by atoms with E-state index in [1.165, 1.54) is 0 Å². The summed E-state index contributed by atoms with van der Waals surface area (Å²) in [7, 11) is -1.61. The number of benzene rings is 1. The third-order valence-corrected chi connectivity index (χ3v) is 6.35. The molecule has 1 saturated heterocycles. The molecule has 9 heteroatoms. The molecular formula is C13H14N2O5S2. The molecule has 1 fully saturated rings. The molecular weight excluding hydrogens is 328 g/mol. The summed E-state index contributed by atoms with van der Waals surface area (Å²) in [6, 6.07) is 7.13. The fraction of sp³-hybridized carbons (Fsp3) is 0.385. The highest BCUT2D eigenvalue weighted by atomic mass is 32.2. The fourth-order valence-corrected chi connectivity index (χ4v) is 5.50. The van der Waals surface area contributed by atoms with E-state index in [0.29, 0.717) is 5.89 Å². The van der Waals surface area contributed by atoms with Crippen molar-refractivity contribution in [2.75, 3.05) is 18.6 Å². The molecule has 0 unspecified atom stereocenters. The summed E-state index contributed by atoms with van der Waals surface area (Å²) in [6.07, 6.45) is -0.911. The first-order valence-corrected chi connectivity index (χ1v) is 9.20. The molecule has 1 aliphatic heterocycles. The van der Waals surface area contributed by atoms with Crippen molar-refractivity contribution in [3.8, 4) is 17.2 Å². The molecule has 0 aliphatic carbocycles. The van der Waals surface area contributed by atoms with E-state index in [0.717, 1.165) is 23.1 Å². The van der Waals surface area contributed by atoms with E-state index in [2.05, 4.69) is 10.2 Å². The SMILES string of the molecule is COc1ccc(-c2nnc(S[C@H]3CS(=O)(=O)C[C@H]3O)o2)cc1. The van der Waals surface area contributed by atoms with Crippen LogP contribution in [0.15, 0.2) is 33.9 Å². The van der Waals surface area contributed by atoms with Crippen LogP contribution in [-0.4, -0.2) is 53.7 Å². The van der Waals surface area contributed by atoms with Crippen LogP contribution in [0.1, 0.15) is 0 Å². The van der Waals surface area contributed by atoms with Crippen LogP contribution in [0.25, 0.3) is 11.5 Å². The number of aliphatic hydroxyl groups is 1. The number of ether oxygens (including phenoxy) is 1. The molecule has 1 aromatic heterocycles. The minimum Gasteiger partial charge on any atom is -0.497 e. The van der Waals surface area contributed by atoms with Gasteiger partial charge in [0.05, 0.1) is 30.0 Å². The molecule has 1 aromatic carbocycles. The maximum absolute atomic E-state index is 11.5. The number of methoxy groups -OCH3 is 1. The number of sulfone groups is 1. The first kappa shape index (κ1) is 15.3. The molecule has 0 saturated carbocycles. The summed E-state index contributed by atoms with van der Waals surface area (Å²) < 4.78 is 33.5. The molecule has 22 heavy (non-hydrogen) atoms. The second-order valence-electron chi connectivity index (χ2n) is 4.90. The van der Waals surface area contributed by atoms with E-state index >= 15 is 0 Å². The highest BCUT2D eigenvalue weighted by molar-refractivity contribution is 8.01. The lowest BCUT2D eigenvalue weighted by Gasteiger charge is -2.07. The molecule has 7 nitrogen and oxygen atoms in total. The molecule has 3 rings (SSSR count). The predicted molar refractivity (Wildman–Crippen MR) is 80.6 cm³/mol. The van der Waals surface area contributed by atoms with Crippen molar-refractivity contribution in [2.45, 2.75) is 16.6 Å². The smallest absolute Gasteiger partial charge is 0.277 e. The molecule has 118 valence electrons. The van der Waals surface area contributed by atoms with Crippen molar-refractivity contribution in [1.29, 1.82) is 0 Å². The Bertz CT molecular complexity index is 757. The quantitative estimate of drug-likeness (QED) is 0.878. The maximum Gasteiger partial charge on any atom is 0.277 e. The van der Waals surface area contributed by atoms with Gasteiger partial charge in [-0.2, -0.15) is 0 Å². The molecule has 0 spiro atoms. The van der Waals surface area contributed by atoms with E-state index in [1.807, 2.05) is 0 Å². The lowest BCUT2D eigenvalue weighted by molar-refractivity contribution is 0.207. The summed E-state index contributed by atoms with van der Waals surface area (Å²) >= 11 is 1.09. The summed E-state index contributed by atoms with van der Waals surface area (Å²) in [5.74, 6) is 0.751. The van der Waals surface area contributed by atoms with E-state index in [-0.39, 0.29) is 16.7 Å². The zero-order chi connectivity index (χ0) is 15.7. The summed E-state index contributed by atoms with van der Waals surface area (Å²) in [6.45, 7) is 0. The largest absolute Gasteiger partial charge is 0.497 e. The predicted octanol–water partition coefficient (Wildman–Crippen LogP) is 0.995. The third kappa shape index (κ3) is 3.26. The number of aromatic nitrogens is 2. The summed E-state index contributed by atoms with van der Waals surface area (Å²) in [5, 5.41) is 17.4. The fourth-order valence-electron chi connectivity index (χ4n) is 2.15. The standard InChI is InChI=1S/C13H14N2O5S2/c1-19-9-4-2-8(3-5-9)12-14-15-13(20-12)21-11-7-22(17,18)6-10(11)16/h2-5,10-11,16H,6-7H2,1H3/t10-,11+/m1/s1. The van der Waals surface area contributed by atoms with Gasteiger partial charge in [-0.05, 0) is 24.3 Å². The second kappa shape index (κ2) is 5.90. The van der Waals surface area contributed by atoms with E-state index in [9.17, 15) is 13.5 Å². The van der Waals surface area contributed by atoms with E-state index < -0.39 is 21.2 Å². The molecule has 0 bridgehead atoms. The molecule has 0 amide bonds. The van der Waals surface area contributed by atoms with Crippen molar-refractivity contribution in [3.05, 3.63) is 24.3 Å². The molecule has 2 atom stereocenters. The summed E-state index contributed by atoms with van der Waals surface area (Å²) in [5.41, 5.74) is 0.736.